The predicted octanol–water partition coefficient (Wildman–Crippen LogP) is 2.00. The van der Waals surface area contributed by atoms with Crippen molar-refractivity contribution in [2.75, 3.05) is 65.5 Å². The summed E-state index contributed by atoms with van der Waals surface area (Å²) in [6.45, 7) is 3.78. The molecule has 2 aliphatic heterocycles. The molecule has 12 nitrogen and oxygen atoms in total. The van der Waals surface area contributed by atoms with Gasteiger partial charge in [0.05, 0.1) is 25.8 Å². The van der Waals surface area contributed by atoms with Gasteiger partial charge in [0, 0.05) is 25.8 Å². The third-order valence-electron chi connectivity index (χ3n) is 6.77. The van der Waals surface area contributed by atoms with Gasteiger partial charge in [-0.3, -0.25) is 4.57 Å². The number of benzene rings is 1. The lowest BCUT2D eigenvalue weighted by Gasteiger charge is -2.30. The van der Waals surface area contributed by atoms with Gasteiger partial charge in [0.2, 0.25) is 11.9 Å². The van der Waals surface area contributed by atoms with Crippen LogP contribution in [0.2, 0.25) is 0 Å². The zero-order valence-electron chi connectivity index (χ0n) is 22.8. The number of hydrogen-bond acceptors (Lipinski definition) is 11. The summed E-state index contributed by atoms with van der Waals surface area (Å²) in [6, 6.07) is 5.04. The van der Waals surface area contributed by atoms with Crippen LogP contribution in [0.15, 0.2) is 35.1 Å². The first-order valence-corrected chi connectivity index (χ1v) is 13.1. The standard InChI is InChI=1S/C26H34F2N10O2/c1-36(2)11-5-10-30-19-8-9-26(29,16-31-19)23-33-24(37-12-14-40-15-13-37)35-25(34-23)38-17-6-4-7-18(39-3)20(17)32-22(38)21(27)28/h4,6-8,16,21,30H,5,9-15,29H2,1-3H3. The Morgan fingerprint density at radius 1 is 1.15 bits per heavy atom. The number of imidazole rings is 1. The number of halogens is 2. The fourth-order valence-electron chi connectivity index (χ4n) is 4.61. The molecular formula is C26H34F2N10O2. The first-order chi connectivity index (χ1) is 19.3. The van der Waals surface area contributed by atoms with Gasteiger partial charge in [-0.25, -0.2) is 18.8 Å². The molecule has 1 atom stereocenters. The van der Waals surface area contributed by atoms with Crippen molar-refractivity contribution in [2.45, 2.75) is 24.8 Å². The zero-order valence-corrected chi connectivity index (χ0v) is 22.8. The van der Waals surface area contributed by atoms with Gasteiger partial charge >= 0.3 is 0 Å². The molecule has 0 spiro atoms. The Kier molecular flexibility index (Phi) is 8.19. The van der Waals surface area contributed by atoms with Gasteiger partial charge < -0.3 is 30.3 Å². The molecule has 0 aliphatic carbocycles. The van der Waals surface area contributed by atoms with E-state index in [9.17, 15) is 8.78 Å². The Bertz CT molecular complexity index is 1400. The van der Waals surface area contributed by atoms with Crippen LogP contribution in [0.1, 0.15) is 30.9 Å². The van der Waals surface area contributed by atoms with Crippen molar-refractivity contribution in [3.05, 3.63) is 41.7 Å². The molecule has 5 rings (SSSR count). The van der Waals surface area contributed by atoms with Crippen LogP contribution in [0, 0.1) is 0 Å². The summed E-state index contributed by atoms with van der Waals surface area (Å²) in [4.78, 5) is 26.7. The molecule has 1 fully saturated rings. The quantitative estimate of drug-likeness (QED) is 0.358. The Morgan fingerprint density at radius 2 is 1.93 bits per heavy atom. The zero-order chi connectivity index (χ0) is 28.3. The minimum absolute atomic E-state index is 0.00708. The van der Waals surface area contributed by atoms with E-state index in [1.165, 1.54) is 11.7 Å². The van der Waals surface area contributed by atoms with Crippen molar-refractivity contribution < 1.29 is 18.3 Å². The van der Waals surface area contributed by atoms with Crippen LogP contribution in [0.25, 0.3) is 17.0 Å². The molecule has 214 valence electrons. The van der Waals surface area contributed by atoms with E-state index in [1.807, 2.05) is 25.1 Å². The van der Waals surface area contributed by atoms with Crippen molar-refractivity contribution in [3.63, 3.8) is 0 Å². The van der Waals surface area contributed by atoms with E-state index in [1.54, 1.807) is 24.4 Å². The molecule has 1 unspecified atom stereocenters. The van der Waals surface area contributed by atoms with Crippen molar-refractivity contribution in [3.8, 4) is 11.7 Å². The smallest absolute Gasteiger partial charge is 0.296 e. The molecule has 1 aromatic carbocycles. The molecule has 2 aliphatic rings. The maximum absolute atomic E-state index is 14.3. The summed E-state index contributed by atoms with van der Waals surface area (Å²) in [5.74, 6) is 1.12. The number of hydrogen-bond donors (Lipinski definition) is 2. The Hall–Kier alpha value is -3.75. The summed E-state index contributed by atoms with van der Waals surface area (Å²) in [5.41, 5.74) is 6.29. The minimum atomic E-state index is -2.89. The molecule has 3 aromatic rings. The van der Waals surface area contributed by atoms with E-state index in [-0.39, 0.29) is 17.3 Å². The monoisotopic (exact) mass is 556 g/mol. The minimum Gasteiger partial charge on any atom is -0.494 e. The fourth-order valence-corrected chi connectivity index (χ4v) is 4.61. The van der Waals surface area contributed by atoms with Crippen molar-refractivity contribution in [1.29, 1.82) is 0 Å². The van der Waals surface area contributed by atoms with Crippen LogP contribution in [0.4, 0.5) is 14.7 Å². The first kappa shape index (κ1) is 27.8. The van der Waals surface area contributed by atoms with Crippen LogP contribution in [-0.4, -0.2) is 96.2 Å². The average molecular weight is 557 g/mol. The van der Waals surface area contributed by atoms with E-state index in [4.69, 9.17) is 20.2 Å². The summed E-state index contributed by atoms with van der Waals surface area (Å²) < 4.78 is 40.7. The van der Waals surface area contributed by atoms with Gasteiger partial charge in [-0.1, -0.05) is 6.07 Å². The van der Waals surface area contributed by atoms with Gasteiger partial charge in [0.1, 0.15) is 22.6 Å². The Balaban J connectivity index is 1.55. The van der Waals surface area contributed by atoms with Gasteiger partial charge in [-0.05, 0) is 51.7 Å². The lowest BCUT2D eigenvalue weighted by Crippen LogP contribution is -2.43. The fraction of sp³-hybridized carbons (Fsp3) is 0.500. The predicted molar refractivity (Wildman–Crippen MR) is 147 cm³/mol. The normalized spacial score (nSPS) is 19.5. The molecule has 0 amide bonds. The van der Waals surface area contributed by atoms with Gasteiger partial charge in [0.25, 0.3) is 6.43 Å². The third kappa shape index (κ3) is 5.74. The number of ether oxygens (including phenoxy) is 2. The van der Waals surface area contributed by atoms with Crippen LogP contribution in [-0.2, 0) is 10.3 Å². The molecule has 14 heteroatoms. The molecule has 3 N–H and O–H groups in total. The van der Waals surface area contributed by atoms with Crippen molar-refractivity contribution in [2.24, 2.45) is 10.7 Å². The lowest BCUT2D eigenvalue weighted by molar-refractivity contribution is 0.122. The molecule has 40 heavy (non-hydrogen) atoms. The molecule has 1 saturated heterocycles. The van der Waals surface area contributed by atoms with Gasteiger partial charge in [0.15, 0.2) is 11.6 Å². The number of morpholine rings is 1. The van der Waals surface area contributed by atoms with Crippen molar-refractivity contribution in [1.82, 2.24) is 34.7 Å². The first-order valence-electron chi connectivity index (χ1n) is 13.1. The molecule has 2 aromatic heterocycles. The Labute approximate surface area is 230 Å². The lowest BCUT2D eigenvalue weighted by atomic mass is 9.95. The highest BCUT2D eigenvalue weighted by molar-refractivity contribution is 5.84. The number of aromatic nitrogens is 5. The van der Waals surface area contributed by atoms with Crippen molar-refractivity contribution >= 4 is 23.2 Å². The largest absolute Gasteiger partial charge is 0.494 e. The maximum atomic E-state index is 14.3. The number of nitrogens with one attached hydrogen (secondary N) is 1. The SMILES string of the molecule is COc1cccc2c1nc(C(F)F)n2-c1nc(N2CCOCC2)nc(C2(N)C=NC(NCCCN(C)C)=CC2)n1. The third-order valence-corrected chi connectivity index (χ3v) is 6.77. The highest BCUT2D eigenvalue weighted by atomic mass is 19.3. The van der Waals surface area contributed by atoms with E-state index < -0.39 is 17.8 Å². The van der Waals surface area contributed by atoms with E-state index in [2.05, 4.69) is 30.2 Å². The van der Waals surface area contributed by atoms with Crippen LogP contribution in [0.5, 0.6) is 5.75 Å². The topological polar surface area (TPSA) is 132 Å². The number of anilines is 1. The summed E-state index contributed by atoms with van der Waals surface area (Å²) in [5, 5.41) is 3.31. The number of nitrogens with zero attached hydrogens (tertiary/aromatic N) is 8. The highest BCUT2D eigenvalue weighted by Gasteiger charge is 2.34. The van der Waals surface area contributed by atoms with Crippen LogP contribution >= 0.6 is 0 Å². The molecule has 0 bridgehead atoms. The number of rotatable bonds is 10. The van der Waals surface area contributed by atoms with Crippen LogP contribution < -0.4 is 20.7 Å². The van der Waals surface area contributed by atoms with E-state index >= 15 is 0 Å². The summed E-state index contributed by atoms with van der Waals surface area (Å²) in [6.07, 6.45) is 1.93. The van der Waals surface area contributed by atoms with Gasteiger partial charge in [-0.2, -0.15) is 15.0 Å². The highest BCUT2D eigenvalue weighted by Crippen LogP contribution is 2.33. The van der Waals surface area contributed by atoms with E-state index in [0.29, 0.717) is 49.9 Å². The number of nitrogens with two attached hydrogens (primary N) is 1. The average Bonchev–Trinajstić information content (AvgIpc) is 3.37. The summed E-state index contributed by atoms with van der Waals surface area (Å²) >= 11 is 0. The summed E-state index contributed by atoms with van der Waals surface area (Å²) in [7, 11) is 5.53. The number of aliphatic imine (C=N–C) groups is 1. The van der Waals surface area contributed by atoms with Gasteiger partial charge in [-0.15, -0.1) is 0 Å². The molecule has 0 saturated carbocycles. The van der Waals surface area contributed by atoms with E-state index in [0.717, 1.165) is 25.3 Å². The number of para-hydroxylation sites is 1. The Morgan fingerprint density at radius 3 is 2.60 bits per heavy atom. The second kappa shape index (κ2) is 11.8. The molecule has 0 radical (unpaired) electrons. The molecule has 4 heterocycles. The molecular weight excluding hydrogens is 522 g/mol. The maximum Gasteiger partial charge on any atom is 0.296 e. The second-order valence-electron chi connectivity index (χ2n) is 9.97. The van der Waals surface area contributed by atoms with Crippen LogP contribution in [0.3, 0.4) is 0 Å². The number of methoxy groups -OCH3 is 1. The number of alkyl halides is 2. The number of fused-ring (bicyclic) bond motifs is 1. The second-order valence-corrected chi connectivity index (χ2v) is 9.97.